The van der Waals surface area contributed by atoms with Crippen molar-refractivity contribution in [3.63, 3.8) is 0 Å². The highest BCUT2D eigenvalue weighted by atomic mass is 127. The van der Waals surface area contributed by atoms with Crippen molar-refractivity contribution in [2.24, 2.45) is 10.7 Å². The molecular weight excluding hydrogens is 464 g/mol. The number of aliphatic imine (C=N–C) groups is 1. The van der Waals surface area contributed by atoms with Crippen LogP contribution in [0.25, 0.3) is 0 Å². The molecule has 0 spiro atoms. The second kappa shape index (κ2) is 10.8. The minimum Gasteiger partial charge on any atom is -0.383 e. The van der Waals surface area contributed by atoms with Crippen LogP contribution in [0.4, 0.5) is 18.9 Å². The number of nitrogens with zero attached hydrogens (tertiary/aromatic N) is 2. The Balaban J connectivity index is 0.00000338. The molecule has 0 aromatic heterocycles. The molecule has 0 amide bonds. The molecule has 0 radical (unpaired) electrons. The second-order valence-electron chi connectivity index (χ2n) is 5.56. The van der Waals surface area contributed by atoms with Gasteiger partial charge in [0.2, 0.25) is 0 Å². The first-order valence-corrected chi connectivity index (χ1v) is 7.97. The number of methoxy groups -OCH3 is 1. The van der Waals surface area contributed by atoms with Gasteiger partial charge in [0.15, 0.2) is 5.96 Å². The highest BCUT2D eigenvalue weighted by Crippen LogP contribution is 2.35. The molecule has 10 heteroatoms. The van der Waals surface area contributed by atoms with Crippen LogP contribution < -0.4 is 16.0 Å². The average molecular weight is 488 g/mol. The van der Waals surface area contributed by atoms with E-state index < -0.39 is 11.7 Å². The van der Waals surface area contributed by atoms with Crippen LogP contribution in [-0.2, 0) is 22.2 Å². The zero-order valence-electron chi connectivity index (χ0n) is 14.5. The zero-order chi connectivity index (χ0) is 18.3. The van der Waals surface area contributed by atoms with Crippen LogP contribution in [0.2, 0.25) is 0 Å². The summed E-state index contributed by atoms with van der Waals surface area (Å²) in [6.45, 7) is 2.89. The third-order valence-corrected chi connectivity index (χ3v) is 3.81. The predicted molar refractivity (Wildman–Crippen MR) is 105 cm³/mol. The Morgan fingerprint density at radius 1 is 1.35 bits per heavy atom. The summed E-state index contributed by atoms with van der Waals surface area (Å²) in [6.07, 6.45) is -4.45. The SMILES string of the molecule is COCCNC(N)=NCc1ccc(N2CCOCC2)cc1C(F)(F)F.I. The fourth-order valence-corrected chi connectivity index (χ4v) is 2.49. The summed E-state index contributed by atoms with van der Waals surface area (Å²) in [5.74, 6) is 0.0856. The zero-order valence-corrected chi connectivity index (χ0v) is 16.8. The van der Waals surface area contributed by atoms with Crippen LogP contribution in [-0.4, -0.2) is 52.5 Å². The molecule has 1 heterocycles. The molecule has 148 valence electrons. The number of anilines is 1. The van der Waals surface area contributed by atoms with Crippen molar-refractivity contribution in [2.75, 3.05) is 51.5 Å². The molecule has 1 aliphatic rings. The smallest absolute Gasteiger partial charge is 0.383 e. The Labute approximate surface area is 167 Å². The maximum Gasteiger partial charge on any atom is 0.416 e. The average Bonchev–Trinajstić information content (AvgIpc) is 2.60. The molecule has 6 nitrogen and oxygen atoms in total. The Kier molecular flexibility index (Phi) is 9.44. The first-order valence-electron chi connectivity index (χ1n) is 7.97. The van der Waals surface area contributed by atoms with Gasteiger partial charge < -0.3 is 25.4 Å². The lowest BCUT2D eigenvalue weighted by molar-refractivity contribution is -0.138. The molecule has 1 saturated heterocycles. The van der Waals surface area contributed by atoms with Gasteiger partial charge in [0.05, 0.1) is 31.9 Å². The standard InChI is InChI=1S/C16H23F3N4O2.HI/c1-24-7-4-21-15(20)22-11-12-2-3-13(10-14(12)16(17,18)19)23-5-8-25-9-6-23;/h2-3,10H,4-9,11H2,1H3,(H3,20,21,22);1H. The van der Waals surface area contributed by atoms with Crippen molar-refractivity contribution >= 4 is 35.6 Å². The van der Waals surface area contributed by atoms with E-state index in [1.165, 1.54) is 12.1 Å². The van der Waals surface area contributed by atoms with Crippen LogP contribution >= 0.6 is 24.0 Å². The van der Waals surface area contributed by atoms with E-state index in [-0.39, 0.29) is 42.0 Å². The first kappa shape index (κ1) is 22.8. The second-order valence-corrected chi connectivity index (χ2v) is 5.56. The van der Waals surface area contributed by atoms with Crippen LogP contribution in [0.5, 0.6) is 0 Å². The number of alkyl halides is 3. The minimum atomic E-state index is -4.45. The molecule has 2 rings (SSSR count). The number of guanidine groups is 1. The number of benzene rings is 1. The summed E-state index contributed by atoms with van der Waals surface area (Å²) in [6, 6.07) is 4.31. The van der Waals surface area contributed by atoms with E-state index in [1.54, 1.807) is 13.2 Å². The summed E-state index contributed by atoms with van der Waals surface area (Å²) >= 11 is 0. The van der Waals surface area contributed by atoms with E-state index in [9.17, 15) is 13.2 Å². The lowest BCUT2D eigenvalue weighted by Crippen LogP contribution is -2.36. The number of hydrogen-bond donors (Lipinski definition) is 2. The summed E-state index contributed by atoms with van der Waals surface area (Å²) in [4.78, 5) is 5.86. The van der Waals surface area contributed by atoms with Gasteiger partial charge in [-0.05, 0) is 17.7 Å². The van der Waals surface area contributed by atoms with Gasteiger partial charge in [0.1, 0.15) is 0 Å². The van der Waals surface area contributed by atoms with Gasteiger partial charge in [-0.25, -0.2) is 4.99 Å². The number of nitrogens with one attached hydrogen (secondary N) is 1. The first-order chi connectivity index (χ1) is 11.9. The van der Waals surface area contributed by atoms with Crippen LogP contribution in [0.3, 0.4) is 0 Å². The lowest BCUT2D eigenvalue weighted by atomic mass is 10.1. The molecule has 26 heavy (non-hydrogen) atoms. The normalized spacial score (nSPS) is 15.5. The lowest BCUT2D eigenvalue weighted by Gasteiger charge is -2.29. The molecular formula is C16H24F3IN4O2. The number of morpholine rings is 1. The molecule has 1 aromatic rings. The maximum atomic E-state index is 13.4. The topological polar surface area (TPSA) is 72.1 Å². The third kappa shape index (κ3) is 6.80. The van der Waals surface area contributed by atoms with Gasteiger partial charge in [-0.1, -0.05) is 6.07 Å². The van der Waals surface area contributed by atoms with Crippen molar-refractivity contribution in [3.05, 3.63) is 29.3 Å². The Bertz CT molecular complexity index is 593. The summed E-state index contributed by atoms with van der Waals surface area (Å²) in [5, 5.41) is 2.77. The molecule has 0 aliphatic carbocycles. The maximum absolute atomic E-state index is 13.4. The highest BCUT2D eigenvalue weighted by molar-refractivity contribution is 14.0. The van der Waals surface area contributed by atoms with E-state index >= 15 is 0 Å². The van der Waals surface area contributed by atoms with Gasteiger partial charge in [-0.2, -0.15) is 13.2 Å². The molecule has 1 aliphatic heterocycles. The minimum absolute atomic E-state index is 0. The molecule has 0 unspecified atom stereocenters. The fraction of sp³-hybridized carbons (Fsp3) is 0.562. The van der Waals surface area contributed by atoms with Crippen molar-refractivity contribution < 1.29 is 22.6 Å². The van der Waals surface area contributed by atoms with E-state index in [1.807, 2.05) is 4.90 Å². The largest absolute Gasteiger partial charge is 0.416 e. The molecule has 3 N–H and O–H groups in total. The molecule has 1 fully saturated rings. The Morgan fingerprint density at radius 3 is 2.65 bits per heavy atom. The fourth-order valence-electron chi connectivity index (χ4n) is 2.49. The van der Waals surface area contributed by atoms with Crippen LogP contribution in [0, 0.1) is 0 Å². The number of rotatable bonds is 6. The van der Waals surface area contributed by atoms with E-state index in [0.29, 0.717) is 45.1 Å². The number of ether oxygens (including phenoxy) is 2. The predicted octanol–water partition coefficient (Wildman–Crippen LogP) is 2.21. The molecule has 0 saturated carbocycles. The third-order valence-electron chi connectivity index (χ3n) is 3.81. The monoisotopic (exact) mass is 488 g/mol. The number of hydrogen-bond acceptors (Lipinski definition) is 4. The van der Waals surface area contributed by atoms with Crippen molar-refractivity contribution in [3.8, 4) is 0 Å². The quantitative estimate of drug-likeness (QED) is 0.278. The summed E-state index contributed by atoms with van der Waals surface area (Å²) in [7, 11) is 1.54. The van der Waals surface area contributed by atoms with Gasteiger partial charge >= 0.3 is 6.18 Å². The van der Waals surface area contributed by atoms with Crippen LogP contribution in [0.15, 0.2) is 23.2 Å². The summed E-state index contributed by atoms with van der Waals surface area (Å²) in [5.41, 5.74) is 5.58. The number of nitrogens with two attached hydrogens (primary N) is 1. The van der Waals surface area contributed by atoms with Gasteiger partial charge in [-0.15, -0.1) is 24.0 Å². The molecule has 0 atom stereocenters. The Morgan fingerprint density at radius 2 is 2.04 bits per heavy atom. The van der Waals surface area contributed by atoms with E-state index in [0.717, 1.165) is 0 Å². The van der Waals surface area contributed by atoms with Crippen molar-refractivity contribution in [1.82, 2.24) is 5.32 Å². The Hall–Kier alpha value is -1.27. The van der Waals surface area contributed by atoms with E-state index in [4.69, 9.17) is 15.2 Å². The highest BCUT2D eigenvalue weighted by Gasteiger charge is 2.34. The van der Waals surface area contributed by atoms with Crippen molar-refractivity contribution in [1.29, 1.82) is 0 Å². The van der Waals surface area contributed by atoms with Gasteiger partial charge in [0, 0.05) is 32.4 Å². The molecule has 0 bridgehead atoms. The van der Waals surface area contributed by atoms with E-state index in [2.05, 4.69) is 10.3 Å². The molecule has 1 aromatic carbocycles. The summed E-state index contributed by atoms with van der Waals surface area (Å²) < 4.78 is 50.3. The number of halogens is 4. The van der Waals surface area contributed by atoms with Gasteiger partial charge in [-0.3, -0.25) is 0 Å². The van der Waals surface area contributed by atoms with Crippen LogP contribution in [0.1, 0.15) is 11.1 Å². The van der Waals surface area contributed by atoms with Gasteiger partial charge in [0.25, 0.3) is 0 Å². The van der Waals surface area contributed by atoms with Crippen molar-refractivity contribution in [2.45, 2.75) is 12.7 Å².